The summed E-state index contributed by atoms with van der Waals surface area (Å²) in [4.78, 5) is 26.4. The van der Waals surface area contributed by atoms with Gasteiger partial charge in [0.2, 0.25) is 5.91 Å². The average Bonchev–Trinajstić information content (AvgIpc) is 2.93. The van der Waals surface area contributed by atoms with E-state index in [2.05, 4.69) is 46.0 Å². The summed E-state index contributed by atoms with van der Waals surface area (Å²) in [5, 5.41) is 35.7. The third kappa shape index (κ3) is 4.00. The van der Waals surface area contributed by atoms with E-state index in [-0.39, 0.29) is 40.6 Å². The Morgan fingerprint density at radius 1 is 1.05 bits per heavy atom. The summed E-state index contributed by atoms with van der Waals surface area (Å²) >= 11 is 0. The number of nitrogens with one attached hydrogen (secondary N) is 1. The van der Waals surface area contributed by atoms with E-state index in [0.717, 1.165) is 44.9 Å². The number of hydrogen-bond acceptors (Lipinski definition) is 6. The first kappa shape index (κ1) is 31.0. The predicted octanol–water partition coefficient (Wildman–Crippen LogP) is 4.63. The number of aliphatic hydroxyl groups is 3. The Labute approximate surface area is 246 Å². The summed E-state index contributed by atoms with van der Waals surface area (Å²) in [6, 6.07) is -0.683. The Bertz CT molecular complexity index is 1110. The van der Waals surface area contributed by atoms with Crippen LogP contribution in [0.5, 0.6) is 0 Å². The van der Waals surface area contributed by atoms with Gasteiger partial charge in [-0.1, -0.05) is 53.2 Å². The highest BCUT2D eigenvalue weighted by atomic mass is 16.5. The predicted molar refractivity (Wildman–Crippen MR) is 157 cm³/mol. The molecule has 0 saturated heterocycles. The van der Waals surface area contributed by atoms with Gasteiger partial charge in [-0.25, -0.2) is 4.79 Å². The monoisotopic (exact) mass is 573 g/mol. The van der Waals surface area contributed by atoms with E-state index in [4.69, 9.17) is 4.74 Å². The molecule has 7 nitrogen and oxygen atoms in total. The number of carbonyl (C=O) groups is 2. The number of amides is 1. The summed E-state index contributed by atoms with van der Waals surface area (Å²) in [6.45, 7) is 15.4. The molecular weight excluding hydrogens is 518 g/mol. The maximum Gasteiger partial charge on any atom is 0.328 e. The fourth-order valence-electron chi connectivity index (χ4n) is 11.6. The molecule has 7 heteroatoms. The number of allylic oxidation sites excluding steroid dienone is 2. The van der Waals surface area contributed by atoms with Crippen molar-refractivity contribution in [2.75, 3.05) is 13.7 Å². The van der Waals surface area contributed by atoms with E-state index < -0.39 is 35.0 Å². The lowest BCUT2D eigenvalue weighted by Crippen LogP contribution is -2.68. The van der Waals surface area contributed by atoms with Crippen LogP contribution in [0, 0.1) is 56.7 Å². The minimum Gasteiger partial charge on any atom is -0.467 e. The van der Waals surface area contributed by atoms with Gasteiger partial charge in [0.05, 0.1) is 31.3 Å². The van der Waals surface area contributed by atoms with Gasteiger partial charge >= 0.3 is 5.97 Å². The minimum absolute atomic E-state index is 0.00634. The topological polar surface area (TPSA) is 116 Å². The van der Waals surface area contributed by atoms with Crippen LogP contribution in [0.4, 0.5) is 0 Å². The van der Waals surface area contributed by atoms with Crippen LogP contribution in [-0.4, -0.2) is 59.2 Å². The highest BCUT2D eigenvalue weighted by Crippen LogP contribution is 2.75. The molecular formula is C34H55NO6. The first-order valence-corrected chi connectivity index (χ1v) is 16.1. The van der Waals surface area contributed by atoms with Crippen molar-refractivity contribution in [3.63, 3.8) is 0 Å². The van der Waals surface area contributed by atoms with Gasteiger partial charge in [-0.15, -0.1) is 0 Å². The Balaban J connectivity index is 1.57. The van der Waals surface area contributed by atoms with E-state index in [1.807, 2.05) is 6.92 Å². The lowest BCUT2D eigenvalue weighted by atomic mass is 9.33. The Kier molecular flexibility index (Phi) is 7.60. The van der Waals surface area contributed by atoms with Gasteiger partial charge in [0.1, 0.15) is 6.04 Å². The first-order valence-electron chi connectivity index (χ1n) is 16.1. The van der Waals surface area contributed by atoms with Gasteiger partial charge in [-0.05, 0) is 104 Å². The van der Waals surface area contributed by atoms with Crippen LogP contribution in [0.25, 0.3) is 0 Å². The lowest BCUT2D eigenvalue weighted by Gasteiger charge is -2.71. The van der Waals surface area contributed by atoms with Gasteiger partial charge in [-0.2, -0.15) is 0 Å². The largest absolute Gasteiger partial charge is 0.467 e. The lowest BCUT2D eigenvalue weighted by molar-refractivity contribution is -0.243. The zero-order chi connectivity index (χ0) is 30.3. The summed E-state index contributed by atoms with van der Waals surface area (Å²) in [5.41, 5.74) is -0.198. The van der Waals surface area contributed by atoms with Gasteiger partial charge < -0.3 is 25.4 Å². The second kappa shape index (κ2) is 10.1. The van der Waals surface area contributed by atoms with E-state index in [1.165, 1.54) is 12.7 Å². The molecule has 0 aliphatic heterocycles. The van der Waals surface area contributed by atoms with Crippen molar-refractivity contribution < 1.29 is 29.6 Å². The highest BCUT2D eigenvalue weighted by Gasteiger charge is 2.70. The van der Waals surface area contributed by atoms with Gasteiger partial charge in [-0.3, -0.25) is 4.79 Å². The molecule has 41 heavy (non-hydrogen) atoms. The molecule has 5 aliphatic rings. The highest BCUT2D eigenvalue weighted by molar-refractivity contribution is 5.88. The van der Waals surface area contributed by atoms with Crippen molar-refractivity contribution in [1.29, 1.82) is 0 Å². The van der Waals surface area contributed by atoms with Crippen LogP contribution >= 0.6 is 0 Å². The number of methoxy groups -OCH3 is 1. The van der Waals surface area contributed by atoms with Gasteiger partial charge in [0, 0.05) is 5.41 Å². The Morgan fingerprint density at radius 3 is 2.37 bits per heavy atom. The van der Waals surface area contributed by atoms with Crippen LogP contribution in [0.2, 0.25) is 0 Å². The van der Waals surface area contributed by atoms with Crippen molar-refractivity contribution in [2.24, 2.45) is 56.7 Å². The molecule has 5 aliphatic carbocycles. The minimum atomic E-state index is -0.925. The summed E-state index contributed by atoms with van der Waals surface area (Å²) in [7, 11) is 1.36. The maximum atomic E-state index is 14.2. The van der Waals surface area contributed by atoms with Crippen LogP contribution in [0.3, 0.4) is 0 Å². The number of hydrogen-bond donors (Lipinski definition) is 4. The molecule has 0 aromatic rings. The van der Waals surface area contributed by atoms with Crippen molar-refractivity contribution in [2.45, 2.75) is 118 Å². The number of rotatable bonds is 4. The summed E-state index contributed by atoms with van der Waals surface area (Å²) in [5.74, 6) is 0.944. The molecule has 0 bridgehead atoms. The van der Waals surface area contributed by atoms with E-state index in [1.54, 1.807) is 6.92 Å². The van der Waals surface area contributed by atoms with Crippen molar-refractivity contribution in [3.05, 3.63) is 11.6 Å². The number of fused-ring (bicyclic) bond motifs is 7. The van der Waals surface area contributed by atoms with Crippen molar-refractivity contribution in [3.8, 4) is 0 Å². The molecule has 0 aromatic heterocycles. The quantitative estimate of drug-likeness (QED) is 0.288. The fraction of sp³-hybridized carbons (Fsp3) is 0.882. The number of carbonyl (C=O) groups excluding carboxylic acids is 2. The fourth-order valence-corrected chi connectivity index (χ4v) is 11.6. The molecule has 1 amide bonds. The maximum absolute atomic E-state index is 14.2. The first-order chi connectivity index (χ1) is 19.1. The standard InChI is InChI=1S/C34H55NO6/c1-19-11-14-34(29(40)35-21(3)28(39)41-8)16-15-32(6)22(26(34)20(19)2)9-10-25-30(4)17-23(37)27(38)31(5,18-36)24(30)12-13-33(25,32)7/h9,19-21,23-27,36-38H,10-18H2,1-8H3,(H,35,40)/t19-,20+,21?,23-,24-,25-,26+,27+,30+,31+,32-,33-,34+/m1/s1. The van der Waals surface area contributed by atoms with Crippen molar-refractivity contribution >= 4 is 11.9 Å². The van der Waals surface area contributed by atoms with Crippen LogP contribution in [-0.2, 0) is 14.3 Å². The van der Waals surface area contributed by atoms with Gasteiger partial charge in [0.15, 0.2) is 0 Å². The van der Waals surface area contributed by atoms with E-state index in [0.29, 0.717) is 24.2 Å². The molecule has 4 N–H and O–H groups in total. The normalized spacial score (nSPS) is 51.6. The molecule has 1 unspecified atom stereocenters. The second-order valence-electron chi connectivity index (χ2n) is 15.9. The van der Waals surface area contributed by atoms with Crippen LogP contribution in [0.15, 0.2) is 11.6 Å². The van der Waals surface area contributed by atoms with E-state index in [9.17, 15) is 24.9 Å². The number of ether oxygens (including phenoxy) is 1. The third-order valence-electron chi connectivity index (χ3n) is 14.4. The molecule has 0 spiro atoms. The van der Waals surface area contributed by atoms with Crippen LogP contribution < -0.4 is 5.32 Å². The Morgan fingerprint density at radius 2 is 1.73 bits per heavy atom. The molecule has 13 atom stereocenters. The zero-order valence-corrected chi connectivity index (χ0v) is 26.6. The molecule has 232 valence electrons. The van der Waals surface area contributed by atoms with Crippen molar-refractivity contribution in [1.82, 2.24) is 5.32 Å². The van der Waals surface area contributed by atoms with E-state index >= 15 is 0 Å². The second-order valence-corrected chi connectivity index (χ2v) is 15.9. The molecule has 5 rings (SSSR count). The SMILES string of the molecule is COC(=O)C(C)NC(=O)[C@]12CC[C@@H](C)[C@H](C)[C@H]1C1=CC[C@@H]3[C@@]4(C)C[C@@H](O)[C@H](O)[C@@](C)(CO)[C@@H]4CC[C@@]3(C)[C@]1(C)CC2. The zero-order valence-electron chi connectivity index (χ0n) is 26.6. The number of aliphatic hydroxyl groups excluding tert-OH is 3. The molecule has 4 fully saturated rings. The van der Waals surface area contributed by atoms with Crippen LogP contribution in [0.1, 0.15) is 99.8 Å². The summed E-state index contributed by atoms with van der Waals surface area (Å²) in [6.07, 6.45) is 7.56. The third-order valence-corrected chi connectivity index (χ3v) is 14.4. The Hall–Kier alpha value is -1.44. The average molecular weight is 574 g/mol. The summed E-state index contributed by atoms with van der Waals surface area (Å²) < 4.78 is 4.92. The molecule has 0 radical (unpaired) electrons. The molecule has 4 saturated carbocycles. The number of esters is 1. The molecule has 0 aromatic carbocycles. The smallest absolute Gasteiger partial charge is 0.328 e. The molecule has 0 heterocycles. The van der Waals surface area contributed by atoms with Gasteiger partial charge in [0.25, 0.3) is 0 Å².